The molecule has 0 unspecified atom stereocenters. The van der Waals surface area contributed by atoms with E-state index in [9.17, 15) is 0 Å². The van der Waals surface area contributed by atoms with Gasteiger partial charge in [-0.15, -0.1) is 0 Å². The van der Waals surface area contributed by atoms with E-state index >= 15 is 0 Å². The van der Waals surface area contributed by atoms with Crippen LogP contribution in [0, 0.1) is 0 Å². The highest BCUT2D eigenvalue weighted by Crippen LogP contribution is 2.26. The summed E-state index contributed by atoms with van der Waals surface area (Å²) in [4.78, 5) is 0. The smallest absolute Gasteiger partial charge is 0.0624 e. The SMILES string of the molecule is CCOSSC(C)C. The van der Waals surface area contributed by atoms with Crippen LogP contribution in [0.25, 0.3) is 0 Å². The molecule has 0 fully saturated rings. The number of rotatable bonds is 4. The Bertz CT molecular complexity index is 47.7. The predicted octanol–water partition coefficient (Wildman–Crippen LogP) is 2.73. The van der Waals surface area contributed by atoms with Crippen LogP contribution in [0.1, 0.15) is 20.8 Å². The first kappa shape index (κ1) is 8.66. The third kappa shape index (κ3) is 6.66. The Morgan fingerprint density at radius 1 is 1.50 bits per heavy atom. The van der Waals surface area contributed by atoms with Crippen molar-refractivity contribution in [2.24, 2.45) is 0 Å². The van der Waals surface area contributed by atoms with E-state index in [0.717, 1.165) is 6.61 Å². The van der Waals surface area contributed by atoms with Crippen LogP contribution in [0.3, 0.4) is 0 Å². The van der Waals surface area contributed by atoms with Crippen molar-refractivity contribution in [2.45, 2.75) is 26.0 Å². The molecular weight excluding hydrogens is 140 g/mol. The second kappa shape index (κ2) is 5.79. The van der Waals surface area contributed by atoms with Crippen LogP contribution in [0.4, 0.5) is 0 Å². The summed E-state index contributed by atoms with van der Waals surface area (Å²) in [6, 6.07) is 0. The molecule has 0 aliphatic carbocycles. The molecule has 0 heterocycles. The van der Waals surface area contributed by atoms with Gasteiger partial charge in [-0.1, -0.05) is 24.6 Å². The average Bonchev–Trinajstić information content (AvgIpc) is 1.66. The standard InChI is InChI=1S/C5H12OS2/c1-4-6-8-7-5(2)3/h5H,4H2,1-3H3. The lowest BCUT2D eigenvalue weighted by molar-refractivity contribution is 0.408. The van der Waals surface area contributed by atoms with Gasteiger partial charge in [-0.05, 0) is 6.92 Å². The van der Waals surface area contributed by atoms with Crippen LogP contribution in [-0.4, -0.2) is 11.9 Å². The van der Waals surface area contributed by atoms with Gasteiger partial charge in [0.25, 0.3) is 0 Å². The maximum Gasteiger partial charge on any atom is 0.0624 e. The lowest BCUT2D eigenvalue weighted by Gasteiger charge is -1.99. The van der Waals surface area contributed by atoms with E-state index in [0.29, 0.717) is 5.25 Å². The van der Waals surface area contributed by atoms with E-state index in [1.54, 1.807) is 10.8 Å². The van der Waals surface area contributed by atoms with Crippen molar-refractivity contribution in [1.29, 1.82) is 0 Å². The fourth-order valence-corrected chi connectivity index (χ4v) is 1.39. The zero-order chi connectivity index (χ0) is 6.41. The summed E-state index contributed by atoms with van der Waals surface area (Å²) in [6.07, 6.45) is 0. The highest BCUT2D eigenvalue weighted by atomic mass is 33.1. The van der Waals surface area contributed by atoms with E-state index in [2.05, 4.69) is 13.8 Å². The van der Waals surface area contributed by atoms with Crippen molar-refractivity contribution in [3.05, 3.63) is 0 Å². The fourth-order valence-electron chi connectivity index (χ4n) is 0.154. The second-order valence-corrected chi connectivity index (χ2v) is 4.11. The lowest BCUT2D eigenvalue weighted by Crippen LogP contribution is -1.82. The highest BCUT2D eigenvalue weighted by molar-refractivity contribution is 8.75. The van der Waals surface area contributed by atoms with Gasteiger partial charge in [0, 0.05) is 5.25 Å². The molecule has 1 nitrogen and oxygen atoms in total. The molecule has 0 rings (SSSR count). The van der Waals surface area contributed by atoms with Gasteiger partial charge in [-0.25, -0.2) is 0 Å². The van der Waals surface area contributed by atoms with E-state index in [1.807, 2.05) is 6.92 Å². The molecule has 0 amide bonds. The Morgan fingerprint density at radius 3 is 2.50 bits per heavy atom. The molecule has 0 saturated heterocycles. The monoisotopic (exact) mass is 152 g/mol. The first-order chi connectivity index (χ1) is 3.77. The summed E-state index contributed by atoms with van der Waals surface area (Å²) in [7, 11) is 1.75. The third-order valence-electron chi connectivity index (χ3n) is 0.398. The Morgan fingerprint density at radius 2 is 2.12 bits per heavy atom. The van der Waals surface area contributed by atoms with Gasteiger partial charge >= 0.3 is 0 Å². The molecule has 0 saturated carbocycles. The van der Waals surface area contributed by atoms with E-state index in [-0.39, 0.29) is 0 Å². The minimum atomic E-state index is 0.659. The molecule has 50 valence electrons. The average molecular weight is 152 g/mol. The summed E-state index contributed by atoms with van der Waals surface area (Å²) in [6.45, 7) is 7.09. The Balaban J connectivity index is 2.72. The van der Waals surface area contributed by atoms with Gasteiger partial charge in [0.05, 0.1) is 17.7 Å². The summed E-state index contributed by atoms with van der Waals surface area (Å²) < 4.78 is 5.02. The Labute approximate surface area is 59.2 Å². The molecule has 0 aromatic rings. The summed E-state index contributed by atoms with van der Waals surface area (Å²) in [5.41, 5.74) is 0. The summed E-state index contributed by atoms with van der Waals surface area (Å²) in [5, 5.41) is 0.659. The highest BCUT2D eigenvalue weighted by Gasteiger charge is 1.92. The van der Waals surface area contributed by atoms with Crippen molar-refractivity contribution in [1.82, 2.24) is 0 Å². The Hall–Kier alpha value is 0.660. The first-order valence-corrected chi connectivity index (χ1v) is 4.86. The van der Waals surface area contributed by atoms with E-state index in [1.165, 1.54) is 11.1 Å². The van der Waals surface area contributed by atoms with Crippen molar-refractivity contribution in [3.63, 3.8) is 0 Å². The fraction of sp³-hybridized carbons (Fsp3) is 1.00. The van der Waals surface area contributed by atoms with Crippen LogP contribution in [0.2, 0.25) is 0 Å². The quantitative estimate of drug-likeness (QED) is 0.348. The van der Waals surface area contributed by atoms with Gasteiger partial charge in [0.15, 0.2) is 0 Å². The molecule has 0 aromatic heterocycles. The zero-order valence-electron chi connectivity index (χ0n) is 5.51. The maximum absolute atomic E-state index is 5.02. The Kier molecular flexibility index (Phi) is 6.27. The molecule has 0 atom stereocenters. The number of hydrogen-bond donors (Lipinski definition) is 0. The van der Waals surface area contributed by atoms with Gasteiger partial charge < -0.3 is 4.18 Å². The van der Waals surface area contributed by atoms with Gasteiger partial charge in [-0.2, -0.15) is 0 Å². The molecule has 0 aliphatic heterocycles. The maximum atomic E-state index is 5.02. The molecular formula is C5H12OS2. The first-order valence-electron chi connectivity index (χ1n) is 2.72. The van der Waals surface area contributed by atoms with E-state index < -0.39 is 0 Å². The molecule has 0 radical (unpaired) electrons. The van der Waals surface area contributed by atoms with Crippen molar-refractivity contribution in [2.75, 3.05) is 6.61 Å². The van der Waals surface area contributed by atoms with Gasteiger partial charge in [0.2, 0.25) is 0 Å². The molecule has 3 heteroatoms. The van der Waals surface area contributed by atoms with E-state index in [4.69, 9.17) is 4.18 Å². The van der Waals surface area contributed by atoms with Gasteiger partial charge in [0.1, 0.15) is 0 Å². The molecule has 0 spiro atoms. The molecule has 0 aromatic carbocycles. The molecule has 0 bridgehead atoms. The second-order valence-electron chi connectivity index (χ2n) is 1.62. The predicted molar refractivity (Wildman–Crippen MR) is 41.9 cm³/mol. The van der Waals surface area contributed by atoms with Crippen LogP contribution in [-0.2, 0) is 4.18 Å². The van der Waals surface area contributed by atoms with Crippen LogP contribution in [0.5, 0.6) is 0 Å². The third-order valence-corrected chi connectivity index (χ3v) is 2.87. The summed E-state index contributed by atoms with van der Waals surface area (Å²) >= 11 is 1.48. The molecule has 0 aliphatic rings. The van der Waals surface area contributed by atoms with Crippen LogP contribution in [0.15, 0.2) is 0 Å². The topological polar surface area (TPSA) is 9.23 Å². The van der Waals surface area contributed by atoms with Crippen LogP contribution >= 0.6 is 21.9 Å². The minimum Gasteiger partial charge on any atom is -0.305 e. The summed E-state index contributed by atoms with van der Waals surface area (Å²) in [5.74, 6) is 0. The number of hydrogen-bond acceptors (Lipinski definition) is 3. The molecule has 0 N–H and O–H groups in total. The van der Waals surface area contributed by atoms with Crippen molar-refractivity contribution < 1.29 is 4.18 Å². The van der Waals surface area contributed by atoms with Crippen LogP contribution < -0.4 is 0 Å². The van der Waals surface area contributed by atoms with Crippen molar-refractivity contribution >= 4 is 21.9 Å². The van der Waals surface area contributed by atoms with Crippen molar-refractivity contribution in [3.8, 4) is 0 Å². The normalized spacial score (nSPS) is 10.5. The lowest BCUT2D eigenvalue weighted by atomic mass is 10.6. The largest absolute Gasteiger partial charge is 0.305 e. The molecule has 8 heavy (non-hydrogen) atoms. The van der Waals surface area contributed by atoms with Gasteiger partial charge in [-0.3, -0.25) is 0 Å². The minimum absolute atomic E-state index is 0.659. The zero-order valence-corrected chi connectivity index (χ0v) is 7.14.